The molecule has 0 aromatic heterocycles. The van der Waals surface area contributed by atoms with E-state index in [1.54, 1.807) is 36.4 Å². The molecule has 36 heavy (non-hydrogen) atoms. The molecule has 5 unspecified atom stereocenters. The molecular weight excluding hydrogens is 466 g/mol. The molecule has 1 amide bonds. The van der Waals surface area contributed by atoms with Crippen LogP contribution in [0.3, 0.4) is 0 Å². The fraction of sp³-hybridized carbons (Fsp3) is 0.296. The number of phenolic OH excluding ortho intramolecular Hbond substituents is 1. The molecule has 3 aromatic rings. The number of hydrogen-bond donors (Lipinski definition) is 4. The van der Waals surface area contributed by atoms with Gasteiger partial charge in [0.25, 0.3) is 0 Å². The zero-order valence-electron chi connectivity index (χ0n) is 20.0. The summed E-state index contributed by atoms with van der Waals surface area (Å²) in [6, 6.07) is 18.4. The van der Waals surface area contributed by atoms with Gasteiger partial charge in [0.2, 0.25) is 5.91 Å². The first-order valence-corrected chi connectivity index (χ1v) is 11.4. The number of nitrogens with one attached hydrogen (secondary N) is 1. The van der Waals surface area contributed by atoms with Gasteiger partial charge < -0.3 is 29.5 Å². The maximum Gasteiger partial charge on any atom is 0.250 e. The van der Waals surface area contributed by atoms with Gasteiger partial charge in [-0.25, -0.2) is 5.48 Å². The highest BCUT2D eigenvalue weighted by Crippen LogP contribution is 2.70. The Hall–Kier alpha value is -3.79. The topological polar surface area (TPSA) is 127 Å². The van der Waals surface area contributed by atoms with Crippen LogP contribution in [-0.2, 0) is 20.8 Å². The number of benzene rings is 3. The zero-order chi connectivity index (χ0) is 25.7. The van der Waals surface area contributed by atoms with Gasteiger partial charge in [-0.3, -0.25) is 9.63 Å². The van der Waals surface area contributed by atoms with Crippen LogP contribution in [-0.4, -0.2) is 48.7 Å². The van der Waals surface area contributed by atoms with Gasteiger partial charge >= 0.3 is 0 Å². The van der Waals surface area contributed by atoms with Crippen LogP contribution in [0.5, 0.6) is 23.0 Å². The van der Waals surface area contributed by atoms with E-state index in [9.17, 15) is 20.1 Å². The average molecular weight is 494 g/mol. The number of carbonyl (C=O) groups excluding carboxylic acids is 1. The van der Waals surface area contributed by atoms with Crippen molar-refractivity contribution < 1.29 is 39.2 Å². The molecule has 3 aromatic carbocycles. The number of amides is 1. The SMILES string of the molecule is CONC(=O)C1C(O)C2(O)c3c(OC)cc(OC)cc3OC2(c2ccc(O)cc2)C1c1ccccc1. The Labute approximate surface area is 207 Å². The highest BCUT2D eigenvalue weighted by Gasteiger charge is 2.78. The van der Waals surface area contributed by atoms with E-state index in [1.807, 2.05) is 18.2 Å². The fourth-order valence-corrected chi connectivity index (χ4v) is 5.83. The Morgan fingerprint density at radius 2 is 1.69 bits per heavy atom. The second kappa shape index (κ2) is 8.70. The molecule has 0 bridgehead atoms. The number of phenols is 1. The first kappa shape index (κ1) is 23.9. The summed E-state index contributed by atoms with van der Waals surface area (Å²) in [6.45, 7) is 0. The summed E-state index contributed by atoms with van der Waals surface area (Å²) in [7, 11) is 4.22. The van der Waals surface area contributed by atoms with Crippen molar-refractivity contribution in [3.8, 4) is 23.0 Å². The normalized spacial score (nSPS) is 28.1. The van der Waals surface area contributed by atoms with Crippen molar-refractivity contribution in [3.05, 3.63) is 83.4 Å². The van der Waals surface area contributed by atoms with Crippen LogP contribution in [0.4, 0.5) is 0 Å². The fourth-order valence-electron chi connectivity index (χ4n) is 5.83. The molecule has 4 N–H and O–H groups in total. The lowest BCUT2D eigenvalue weighted by molar-refractivity contribution is -0.157. The molecule has 1 fully saturated rings. The minimum absolute atomic E-state index is 0.0110. The molecule has 2 aliphatic rings. The smallest absolute Gasteiger partial charge is 0.250 e. The second-order valence-electron chi connectivity index (χ2n) is 8.88. The van der Waals surface area contributed by atoms with Crippen molar-refractivity contribution in [3.63, 3.8) is 0 Å². The molecule has 1 aliphatic heterocycles. The molecule has 1 aliphatic carbocycles. The van der Waals surface area contributed by atoms with Crippen molar-refractivity contribution >= 4 is 5.91 Å². The molecule has 5 rings (SSSR count). The summed E-state index contributed by atoms with van der Waals surface area (Å²) < 4.78 is 17.7. The van der Waals surface area contributed by atoms with Gasteiger partial charge in [0.1, 0.15) is 29.1 Å². The third kappa shape index (κ3) is 3.10. The molecule has 1 heterocycles. The Bertz CT molecular complexity index is 1280. The Kier molecular flexibility index (Phi) is 5.78. The quantitative estimate of drug-likeness (QED) is 0.386. The van der Waals surface area contributed by atoms with Gasteiger partial charge in [0, 0.05) is 18.1 Å². The number of fused-ring (bicyclic) bond motifs is 3. The van der Waals surface area contributed by atoms with E-state index in [2.05, 4.69) is 5.48 Å². The van der Waals surface area contributed by atoms with Gasteiger partial charge in [0.15, 0.2) is 11.2 Å². The van der Waals surface area contributed by atoms with E-state index in [4.69, 9.17) is 19.0 Å². The van der Waals surface area contributed by atoms with Crippen molar-refractivity contribution in [2.75, 3.05) is 21.3 Å². The van der Waals surface area contributed by atoms with Gasteiger partial charge in [-0.05, 0) is 23.3 Å². The number of ether oxygens (including phenoxy) is 3. The summed E-state index contributed by atoms with van der Waals surface area (Å²) in [6.07, 6.45) is -1.64. The van der Waals surface area contributed by atoms with Crippen LogP contribution in [0.2, 0.25) is 0 Å². The average Bonchev–Trinajstić information content (AvgIpc) is 3.27. The van der Waals surface area contributed by atoms with E-state index in [0.29, 0.717) is 16.9 Å². The standard InChI is InChI=1S/C27H27NO8/c1-33-18-13-19(34-2)23-20(14-18)36-27(16-9-11-17(29)12-10-16)22(15-7-5-4-6-8-15)21(25(31)28-35-3)24(30)26(23,27)32/h4-14,21-22,24,29-30,32H,1-3H3,(H,28,31). The maximum atomic E-state index is 13.4. The van der Waals surface area contributed by atoms with Crippen molar-refractivity contribution in [2.45, 2.75) is 23.2 Å². The predicted octanol–water partition coefficient (Wildman–Crippen LogP) is 2.34. The number of hydroxylamine groups is 1. The second-order valence-corrected chi connectivity index (χ2v) is 8.88. The molecule has 0 radical (unpaired) electrons. The number of aliphatic hydroxyl groups excluding tert-OH is 1. The van der Waals surface area contributed by atoms with Crippen LogP contribution in [0.15, 0.2) is 66.7 Å². The predicted molar refractivity (Wildman–Crippen MR) is 128 cm³/mol. The monoisotopic (exact) mass is 493 g/mol. The van der Waals surface area contributed by atoms with Gasteiger partial charge in [-0.15, -0.1) is 0 Å². The van der Waals surface area contributed by atoms with Gasteiger partial charge in [0.05, 0.1) is 32.8 Å². The summed E-state index contributed by atoms with van der Waals surface area (Å²) in [5.74, 6) is -1.80. The Morgan fingerprint density at radius 3 is 2.31 bits per heavy atom. The number of carbonyl (C=O) groups is 1. The van der Waals surface area contributed by atoms with E-state index in [1.165, 1.54) is 33.5 Å². The number of hydrogen-bond acceptors (Lipinski definition) is 8. The highest BCUT2D eigenvalue weighted by atomic mass is 16.6. The molecule has 9 nitrogen and oxygen atoms in total. The molecule has 0 saturated heterocycles. The van der Waals surface area contributed by atoms with E-state index < -0.39 is 35.0 Å². The van der Waals surface area contributed by atoms with E-state index in [-0.39, 0.29) is 22.8 Å². The van der Waals surface area contributed by atoms with Crippen LogP contribution >= 0.6 is 0 Å². The van der Waals surface area contributed by atoms with Crippen LogP contribution in [0.25, 0.3) is 0 Å². The number of rotatable bonds is 6. The highest BCUT2D eigenvalue weighted by molar-refractivity contribution is 5.82. The van der Waals surface area contributed by atoms with Gasteiger partial charge in [-0.2, -0.15) is 0 Å². The van der Waals surface area contributed by atoms with Crippen molar-refractivity contribution in [2.24, 2.45) is 5.92 Å². The molecule has 5 atom stereocenters. The number of aliphatic hydroxyl groups is 2. The van der Waals surface area contributed by atoms with Crippen molar-refractivity contribution in [1.29, 1.82) is 0 Å². The Morgan fingerprint density at radius 1 is 1.00 bits per heavy atom. The van der Waals surface area contributed by atoms with E-state index >= 15 is 0 Å². The van der Waals surface area contributed by atoms with Gasteiger partial charge in [-0.1, -0.05) is 42.5 Å². The third-order valence-corrected chi connectivity index (χ3v) is 7.24. The lowest BCUT2D eigenvalue weighted by atomic mass is 9.70. The van der Waals surface area contributed by atoms with Crippen molar-refractivity contribution in [1.82, 2.24) is 5.48 Å². The first-order valence-electron chi connectivity index (χ1n) is 11.4. The minimum atomic E-state index is -2.15. The maximum absolute atomic E-state index is 13.4. The van der Waals surface area contributed by atoms with Crippen LogP contribution < -0.4 is 19.7 Å². The molecule has 0 spiro atoms. The summed E-state index contributed by atoms with van der Waals surface area (Å²) in [5.41, 5.74) is -0.237. The molecule has 188 valence electrons. The zero-order valence-corrected chi connectivity index (χ0v) is 20.0. The molecule has 1 saturated carbocycles. The summed E-state index contributed by atoms with van der Waals surface area (Å²) in [4.78, 5) is 18.2. The van der Waals surface area contributed by atoms with E-state index in [0.717, 1.165) is 0 Å². The molecule has 9 heteroatoms. The summed E-state index contributed by atoms with van der Waals surface area (Å²) in [5, 5.41) is 34.5. The lowest BCUT2D eigenvalue weighted by Gasteiger charge is -2.40. The first-order chi connectivity index (χ1) is 17.3. The lowest BCUT2D eigenvalue weighted by Crippen LogP contribution is -2.52. The molecular formula is C27H27NO8. The van der Waals surface area contributed by atoms with Crippen LogP contribution in [0.1, 0.15) is 22.6 Å². The summed E-state index contributed by atoms with van der Waals surface area (Å²) >= 11 is 0. The van der Waals surface area contributed by atoms with Crippen LogP contribution in [0, 0.1) is 5.92 Å². The number of methoxy groups -OCH3 is 2. The largest absolute Gasteiger partial charge is 0.508 e. The minimum Gasteiger partial charge on any atom is -0.508 e. The Balaban J connectivity index is 1.88. The number of aromatic hydroxyl groups is 1. The third-order valence-electron chi connectivity index (χ3n) is 7.24.